The summed E-state index contributed by atoms with van der Waals surface area (Å²) in [7, 11) is 0. The van der Waals surface area contributed by atoms with E-state index in [2.05, 4.69) is 65.9 Å². The Morgan fingerprint density at radius 3 is 2.40 bits per heavy atom. The van der Waals surface area contributed by atoms with E-state index in [4.69, 9.17) is 0 Å². The molecule has 0 aliphatic rings. The first-order valence-corrected chi connectivity index (χ1v) is 9.13. The normalized spacial score (nSPS) is 10.7. The van der Waals surface area contributed by atoms with Crippen molar-refractivity contribution in [2.45, 2.75) is 19.8 Å². The molecule has 0 radical (unpaired) electrons. The highest BCUT2D eigenvalue weighted by Crippen LogP contribution is 2.17. The number of thiophene rings is 1. The van der Waals surface area contributed by atoms with Crippen molar-refractivity contribution in [2.75, 3.05) is 5.43 Å². The van der Waals surface area contributed by atoms with E-state index >= 15 is 0 Å². The van der Waals surface area contributed by atoms with Crippen molar-refractivity contribution in [2.24, 2.45) is 5.10 Å². The molecule has 0 unspecified atom stereocenters. The lowest BCUT2D eigenvalue weighted by Crippen LogP contribution is -1.91. The zero-order valence-electron chi connectivity index (χ0n) is 14.4. The van der Waals surface area contributed by atoms with E-state index in [9.17, 15) is 0 Å². The number of nitrogens with one attached hydrogen (secondary N) is 1. The number of hydrogen-bond acceptors (Lipinski definition) is 3. The van der Waals surface area contributed by atoms with Crippen molar-refractivity contribution in [1.29, 1.82) is 0 Å². The molecule has 0 aliphatic heterocycles. The zero-order chi connectivity index (χ0) is 17.5. The van der Waals surface area contributed by atoms with Crippen LogP contribution in [-0.4, -0.2) is 6.21 Å². The molecule has 0 saturated carbocycles. The van der Waals surface area contributed by atoms with Gasteiger partial charge in [-0.2, -0.15) is 5.10 Å². The van der Waals surface area contributed by atoms with Crippen LogP contribution < -0.4 is 5.43 Å². The summed E-state index contributed by atoms with van der Waals surface area (Å²) in [4.78, 5) is 1.07. The largest absolute Gasteiger partial charge is 0.278 e. The molecule has 2 nitrogen and oxygen atoms in total. The Bertz CT molecular complexity index is 894. The molecule has 3 heteroatoms. The molecular formula is C22H20N2S. The molecule has 0 bridgehead atoms. The molecule has 0 amide bonds. The van der Waals surface area contributed by atoms with Gasteiger partial charge >= 0.3 is 0 Å². The second kappa shape index (κ2) is 8.32. The van der Waals surface area contributed by atoms with E-state index in [0.717, 1.165) is 21.7 Å². The maximum atomic E-state index is 4.31. The Balaban J connectivity index is 1.59. The summed E-state index contributed by atoms with van der Waals surface area (Å²) in [6.45, 7) is 4.38. The minimum Gasteiger partial charge on any atom is -0.278 e. The average molecular weight is 344 g/mol. The smallest absolute Gasteiger partial charge is 0.0645 e. The summed E-state index contributed by atoms with van der Waals surface area (Å²) in [5, 5.41) is 6.36. The Labute approximate surface area is 153 Å². The van der Waals surface area contributed by atoms with Crippen molar-refractivity contribution >= 4 is 23.2 Å². The Morgan fingerprint density at radius 1 is 0.960 bits per heavy atom. The summed E-state index contributed by atoms with van der Waals surface area (Å²) < 4.78 is 0. The van der Waals surface area contributed by atoms with Crippen LogP contribution in [0.15, 0.2) is 71.1 Å². The van der Waals surface area contributed by atoms with Gasteiger partial charge in [0.25, 0.3) is 0 Å². The molecule has 1 heterocycles. The average Bonchev–Trinajstić information content (AvgIpc) is 3.09. The summed E-state index contributed by atoms with van der Waals surface area (Å²) in [5.74, 6) is 6.89. The fourth-order valence-corrected chi connectivity index (χ4v) is 2.96. The van der Waals surface area contributed by atoms with Gasteiger partial charge in [-0.25, -0.2) is 0 Å². The molecular weight excluding hydrogens is 324 g/mol. The molecule has 1 N–H and O–H groups in total. The number of anilines is 1. The summed E-state index contributed by atoms with van der Waals surface area (Å²) in [5.41, 5.74) is 7.42. The van der Waals surface area contributed by atoms with E-state index < -0.39 is 0 Å². The first-order chi connectivity index (χ1) is 12.2. The van der Waals surface area contributed by atoms with E-state index in [1.165, 1.54) is 5.56 Å². The molecule has 124 valence electrons. The maximum absolute atomic E-state index is 4.31. The number of hydrogen-bond donors (Lipinski definition) is 1. The Hall–Kier alpha value is -2.83. The van der Waals surface area contributed by atoms with Crippen LogP contribution in [0.4, 0.5) is 5.69 Å². The van der Waals surface area contributed by atoms with Gasteiger partial charge in [0.1, 0.15) is 0 Å². The fourth-order valence-electron chi connectivity index (χ4n) is 2.26. The number of hydrazone groups is 1. The van der Waals surface area contributed by atoms with Crippen LogP contribution in [0, 0.1) is 11.8 Å². The van der Waals surface area contributed by atoms with Gasteiger partial charge in [-0.3, -0.25) is 5.43 Å². The maximum Gasteiger partial charge on any atom is 0.0645 e. The molecule has 25 heavy (non-hydrogen) atoms. The molecule has 0 fully saturated rings. The molecule has 0 saturated heterocycles. The zero-order valence-corrected chi connectivity index (χ0v) is 15.2. The highest BCUT2D eigenvalue weighted by atomic mass is 32.1. The third-order valence-corrected chi connectivity index (χ3v) is 4.57. The van der Waals surface area contributed by atoms with Gasteiger partial charge in [-0.1, -0.05) is 56.0 Å². The third kappa shape index (κ3) is 5.07. The molecule has 0 aliphatic carbocycles. The first-order valence-electron chi connectivity index (χ1n) is 8.25. The quantitative estimate of drug-likeness (QED) is 0.365. The van der Waals surface area contributed by atoms with E-state index in [0.29, 0.717) is 5.92 Å². The number of nitrogens with zero attached hydrogens (tertiary/aromatic N) is 1. The minimum absolute atomic E-state index is 0.541. The van der Waals surface area contributed by atoms with Gasteiger partial charge in [-0.05, 0) is 41.8 Å². The van der Waals surface area contributed by atoms with Crippen molar-refractivity contribution in [3.63, 3.8) is 0 Å². The van der Waals surface area contributed by atoms with E-state index in [1.807, 2.05) is 42.6 Å². The lowest BCUT2D eigenvalue weighted by molar-refractivity contribution is 0.867. The monoisotopic (exact) mass is 344 g/mol. The van der Waals surface area contributed by atoms with Gasteiger partial charge in [0.05, 0.1) is 11.9 Å². The summed E-state index contributed by atoms with van der Waals surface area (Å²) in [6.07, 6.45) is 1.83. The van der Waals surface area contributed by atoms with E-state index in [-0.39, 0.29) is 0 Å². The van der Waals surface area contributed by atoms with Crippen LogP contribution in [0.3, 0.4) is 0 Å². The predicted octanol–water partition coefficient (Wildman–Crippen LogP) is 5.72. The van der Waals surface area contributed by atoms with Crippen LogP contribution in [0.25, 0.3) is 0 Å². The first kappa shape index (κ1) is 17.0. The van der Waals surface area contributed by atoms with Crippen molar-refractivity contribution in [1.82, 2.24) is 0 Å². The molecule has 0 spiro atoms. The van der Waals surface area contributed by atoms with Gasteiger partial charge in [0.15, 0.2) is 0 Å². The van der Waals surface area contributed by atoms with Crippen molar-refractivity contribution in [3.05, 3.63) is 87.6 Å². The summed E-state index contributed by atoms with van der Waals surface area (Å²) >= 11 is 1.63. The highest BCUT2D eigenvalue weighted by Gasteiger charge is 1.98. The molecule has 0 atom stereocenters. The second-order valence-electron chi connectivity index (χ2n) is 6.00. The van der Waals surface area contributed by atoms with Crippen LogP contribution in [0.1, 0.15) is 41.3 Å². The second-order valence-corrected chi connectivity index (χ2v) is 6.94. The molecule has 1 aromatic heterocycles. The van der Waals surface area contributed by atoms with Gasteiger partial charge in [0, 0.05) is 21.4 Å². The van der Waals surface area contributed by atoms with Crippen molar-refractivity contribution in [3.8, 4) is 11.8 Å². The van der Waals surface area contributed by atoms with Crippen molar-refractivity contribution < 1.29 is 0 Å². The SMILES string of the molecule is CC(C)c1ccc(NN=Cc2cc(C#Cc3ccccc3)cs2)cc1. The number of rotatable bonds is 4. The lowest BCUT2D eigenvalue weighted by atomic mass is 10.0. The Kier molecular flexibility index (Phi) is 5.66. The van der Waals surface area contributed by atoms with Crippen LogP contribution in [-0.2, 0) is 0 Å². The number of benzene rings is 2. The molecule has 3 aromatic rings. The lowest BCUT2D eigenvalue weighted by Gasteiger charge is -2.06. The summed E-state index contributed by atoms with van der Waals surface area (Å²) in [6, 6.07) is 20.4. The highest BCUT2D eigenvalue weighted by molar-refractivity contribution is 7.11. The van der Waals surface area contributed by atoms with Crippen LogP contribution >= 0.6 is 11.3 Å². The van der Waals surface area contributed by atoms with Crippen LogP contribution in [0.5, 0.6) is 0 Å². The fraction of sp³-hybridized carbons (Fsp3) is 0.136. The third-order valence-electron chi connectivity index (χ3n) is 3.71. The topological polar surface area (TPSA) is 24.4 Å². The molecule has 3 rings (SSSR count). The van der Waals surface area contributed by atoms with Crippen LogP contribution in [0.2, 0.25) is 0 Å². The minimum atomic E-state index is 0.541. The molecule has 2 aromatic carbocycles. The standard InChI is InChI=1S/C22H20N2S/c1-17(2)20-10-12-21(13-11-20)24-23-15-22-14-19(16-25-22)9-8-18-6-4-3-5-7-18/h3-7,10-17,24H,1-2H3. The van der Waals surface area contributed by atoms with Gasteiger partial charge < -0.3 is 0 Å². The van der Waals surface area contributed by atoms with Gasteiger partial charge in [-0.15, -0.1) is 11.3 Å². The Morgan fingerprint density at radius 2 is 1.68 bits per heavy atom. The predicted molar refractivity (Wildman–Crippen MR) is 108 cm³/mol. The van der Waals surface area contributed by atoms with E-state index in [1.54, 1.807) is 11.3 Å². The van der Waals surface area contributed by atoms with Gasteiger partial charge in [0.2, 0.25) is 0 Å².